The summed E-state index contributed by atoms with van der Waals surface area (Å²) in [5.41, 5.74) is 0.778. The maximum atomic E-state index is 11.9. The maximum absolute atomic E-state index is 11.9. The van der Waals surface area contributed by atoms with Crippen molar-refractivity contribution in [3.63, 3.8) is 0 Å². The molecule has 0 bridgehead atoms. The summed E-state index contributed by atoms with van der Waals surface area (Å²) in [5.74, 6) is -0.647. The van der Waals surface area contributed by atoms with Crippen molar-refractivity contribution in [3.05, 3.63) is 36.0 Å². The molecule has 24 heavy (non-hydrogen) atoms. The minimum Gasteiger partial charge on any atom is -0.481 e. The lowest BCUT2D eigenvalue weighted by Gasteiger charge is -2.11. The van der Waals surface area contributed by atoms with Crippen LogP contribution in [0.3, 0.4) is 0 Å². The Morgan fingerprint density at radius 2 is 2.08 bits per heavy atom. The van der Waals surface area contributed by atoms with Gasteiger partial charge in [0, 0.05) is 17.9 Å². The number of carbonyl (C=O) groups excluding carboxylic acids is 1. The van der Waals surface area contributed by atoms with Gasteiger partial charge in [0.15, 0.2) is 5.78 Å². The standard InChI is InChI=1S/C20H30O4/c1-2-3-6-10-17(21)13-14-18-16(12-15-19(18)22)9-7-4-5-8-11-20(23)24/h4,7,12,14-17,21H,2-3,5-6,8-11,13H2,1H3,(H,23,24)/b7-4-,18-14+/t16-,17-/m0/s1. The molecule has 4 nitrogen and oxygen atoms in total. The molecule has 2 atom stereocenters. The third-order valence-corrected chi connectivity index (χ3v) is 4.23. The van der Waals surface area contributed by atoms with Gasteiger partial charge in [0.2, 0.25) is 0 Å². The number of carbonyl (C=O) groups is 2. The van der Waals surface area contributed by atoms with Crippen LogP contribution in [0.2, 0.25) is 0 Å². The molecule has 2 N–H and O–H groups in total. The van der Waals surface area contributed by atoms with Gasteiger partial charge >= 0.3 is 5.97 Å². The van der Waals surface area contributed by atoms with E-state index in [1.807, 2.05) is 24.3 Å². The first kappa shape index (κ1) is 20.4. The predicted molar refractivity (Wildman–Crippen MR) is 95.7 cm³/mol. The Morgan fingerprint density at radius 1 is 1.29 bits per heavy atom. The van der Waals surface area contributed by atoms with E-state index in [4.69, 9.17) is 5.11 Å². The highest BCUT2D eigenvalue weighted by molar-refractivity contribution is 6.07. The highest BCUT2D eigenvalue weighted by atomic mass is 16.4. The number of hydrogen-bond acceptors (Lipinski definition) is 3. The van der Waals surface area contributed by atoms with Gasteiger partial charge < -0.3 is 10.2 Å². The second-order valence-electron chi connectivity index (χ2n) is 6.37. The third-order valence-electron chi connectivity index (χ3n) is 4.23. The highest BCUT2D eigenvalue weighted by Crippen LogP contribution is 2.26. The van der Waals surface area contributed by atoms with Crippen LogP contribution in [-0.2, 0) is 9.59 Å². The first-order valence-electron chi connectivity index (χ1n) is 9.02. The summed E-state index contributed by atoms with van der Waals surface area (Å²) < 4.78 is 0. The van der Waals surface area contributed by atoms with Crippen LogP contribution in [0, 0.1) is 5.92 Å². The van der Waals surface area contributed by atoms with Crippen LogP contribution < -0.4 is 0 Å². The van der Waals surface area contributed by atoms with E-state index in [1.54, 1.807) is 6.08 Å². The number of allylic oxidation sites excluding steroid dienone is 5. The Balaban J connectivity index is 2.39. The van der Waals surface area contributed by atoms with Gasteiger partial charge in [-0.15, -0.1) is 0 Å². The number of aliphatic carboxylic acids is 1. The van der Waals surface area contributed by atoms with Gasteiger partial charge in [0.05, 0.1) is 6.10 Å². The molecule has 0 radical (unpaired) electrons. The lowest BCUT2D eigenvalue weighted by molar-refractivity contribution is -0.137. The van der Waals surface area contributed by atoms with Crippen LogP contribution in [-0.4, -0.2) is 28.1 Å². The molecular formula is C20H30O4. The Bertz CT molecular complexity index is 488. The average Bonchev–Trinajstić information content (AvgIpc) is 2.89. The van der Waals surface area contributed by atoms with E-state index in [0.717, 1.165) is 44.1 Å². The number of hydrogen-bond donors (Lipinski definition) is 2. The molecule has 1 aliphatic carbocycles. The van der Waals surface area contributed by atoms with Gasteiger partial charge in [0.1, 0.15) is 0 Å². The van der Waals surface area contributed by atoms with Crippen molar-refractivity contribution in [3.8, 4) is 0 Å². The number of aliphatic hydroxyl groups excluding tert-OH is 1. The van der Waals surface area contributed by atoms with Crippen molar-refractivity contribution in [2.24, 2.45) is 5.92 Å². The van der Waals surface area contributed by atoms with Crippen LogP contribution in [0.25, 0.3) is 0 Å². The molecule has 0 aromatic carbocycles. The average molecular weight is 334 g/mol. The molecule has 0 aliphatic heterocycles. The van der Waals surface area contributed by atoms with E-state index in [9.17, 15) is 14.7 Å². The first-order valence-corrected chi connectivity index (χ1v) is 9.02. The number of aliphatic hydroxyl groups is 1. The second-order valence-corrected chi connectivity index (χ2v) is 6.37. The van der Waals surface area contributed by atoms with Gasteiger partial charge in [-0.25, -0.2) is 0 Å². The van der Waals surface area contributed by atoms with Gasteiger partial charge in [0.25, 0.3) is 0 Å². The summed E-state index contributed by atoms with van der Waals surface area (Å²) in [5, 5.41) is 18.6. The largest absolute Gasteiger partial charge is 0.481 e. The van der Waals surface area contributed by atoms with E-state index >= 15 is 0 Å². The molecule has 0 fully saturated rings. The quantitative estimate of drug-likeness (QED) is 0.319. The lowest BCUT2D eigenvalue weighted by atomic mass is 9.95. The molecule has 4 heteroatoms. The van der Waals surface area contributed by atoms with Gasteiger partial charge in [-0.2, -0.15) is 0 Å². The zero-order chi connectivity index (χ0) is 17.8. The second kappa shape index (κ2) is 11.8. The monoisotopic (exact) mass is 334 g/mol. The van der Waals surface area contributed by atoms with Gasteiger partial charge in [-0.3, -0.25) is 9.59 Å². The highest BCUT2D eigenvalue weighted by Gasteiger charge is 2.21. The minimum absolute atomic E-state index is 0.0417. The van der Waals surface area contributed by atoms with E-state index in [1.165, 1.54) is 0 Å². The molecule has 0 saturated carbocycles. The van der Waals surface area contributed by atoms with Crippen molar-refractivity contribution in [1.29, 1.82) is 0 Å². The number of carboxylic acid groups (broad SMARTS) is 1. The summed E-state index contributed by atoms with van der Waals surface area (Å²) in [6.45, 7) is 2.14. The summed E-state index contributed by atoms with van der Waals surface area (Å²) in [4.78, 5) is 22.4. The Labute approximate surface area is 145 Å². The normalized spacial score (nSPS) is 20.3. The Morgan fingerprint density at radius 3 is 2.79 bits per heavy atom. The van der Waals surface area contributed by atoms with Crippen LogP contribution in [0.5, 0.6) is 0 Å². The van der Waals surface area contributed by atoms with Crippen LogP contribution in [0.1, 0.15) is 64.7 Å². The van der Waals surface area contributed by atoms with E-state index in [2.05, 4.69) is 6.92 Å². The van der Waals surface area contributed by atoms with Crippen LogP contribution >= 0.6 is 0 Å². The molecule has 0 aromatic heterocycles. The van der Waals surface area contributed by atoms with Crippen molar-refractivity contribution >= 4 is 11.8 Å². The maximum Gasteiger partial charge on any atom is 0.303 e. The SMILES string of the molecule is CCCCC[C@H](O)C/C=C1/C(=O)C=C[C@@H]1C/C=C\CCCC(=O)O. The van der Waals surface area contributed by atoms with Crippen molar-refractivity contribution in [2.45, 2.75) is 70.8 Å². The number of ketones is 1. The summed E-state index contributed by atoms with van der Waals surface area (Å²) in [7, 11) is 0. The fourth-order valence-corrected chi connectivity index (χ4v) is 2.79. The lowest BCUT2D eigenvalue weighted by Crippen LogP contribution is -2.08. The molecule has 1 rings (SSSR count). The van der Waals surface area contributed by atoms with E-state index in [-0.39, 0.29) is 24.2 Å². The molecule has 134 valence electrons. The summed E-state index contributed by atoms with van der Waals surface area (Å²) in [6, 6.07) is 0. The predicted octanol–water partition coefficient (Wildman–Crippen LogP) is 4.20. The Kier molecular flexibility index (Phi) is 10.0. The zero-order valence-electron chi connectivity index (χ0n) is 14.6. The molecule has 1 aliphatic rings. The van der Waals surface area contributed by atoms with Crippen LogP contribution in [0.15, 0.2) is 36.0 Å². The van der Waals surface area contributed by atoms with Gasteiger partial charge in [-0.1, -0.05) is 50.5 Å². The number of rotatable bonds is 12. The molecule has 0 unspecified atom stereocenters. The van der Waals surface area contributed by atoms with E-state index < -0.39 is 5.97 Å². The third kappa shape index (κ3) is 8.25. The molecule has 0 spiro atoms. The first-order chi connectivity index (χ1) is 11.5. The fourth-order valence-electron chi connectivity index (χ4n) is 2.79. The Hall–Kier alpha value is -1.68. The fraction of sp³-hybridized carbons (Fsp3) is 0.600. The number of unbranched alkanes of at least 4 members (excludes halogenated alkanes) is 3. The molecule has 0 amide bonds. The minimum atomic E-state index is -0.768. The smallest absolute Gasteiger partial charge is 0.303 e. The summed E-state index contributed by atoms with van der Waals surface area (Å²) in [6.07, 6.45) is 16.0. The molecular weight excluding hydrogens is 304 g/mol. The van der Waals surface area contributed by atoms with Crippen molar-refractivity contribution < 1.29 is 19.8 Å². The molecule has 0 heterocycles. The van der Waals surface area contributed by atoms with Crippen LogP contribution in [0.4, 0.5) is 0 Å². The van der Waals surface area contributed by atoms with Crippen molar-refractivity contribution in [2.75, 3.05) is 0 Å². The van der Waals surface area contributed by atoms with E-state index in [0.29, 0.717) is 12.8 Å². The summed E-state index contributed by atoms with van der Waals surface area (Å²) >= 11 is 0. The topological polar surface area (TPSA) is 74.6 Å². The zero-order valence-corrected chi connectivity index (χ0v) is 14.6. The molecule has 0 saturated heterocycles. The van der Waals surface area contributed by atoms with Gasteiger partial charge in [-0.05, 0) is 38.2 Å². The van der Waals surface area contributed by atoms with Crippen molar-refractivity contribution in [1.82, 2.24) is 0 Å². The number of carboxylic acids is 1. The molecule has 0 aromatic rings.